The third-order valence-corrected chi connectivity index (χ3v) is 4.65. The number of amides is 1. The molecular weight excluding hydrogens is 316 g/mol. The SMILES string of the molecule is CNc1cncc([C@@H]2CCCN2C(=O)c2ccc3oc(C)cc3c2)n1. The number of carbonyl (C=O) groups is 1. The van der Waals surface area contributed by atoms with Crippen LogP contribution >= 0.6 is 0 Å². The van der Waals surface area contributed by atoms with Gasteiger partial charge in [0.05, 0.1) is 24.1 Å². The summed E-state index contributed by atoms with van der Waals surface area (Å²) in [5, 5.41) is 3.96. The van der Waals surface area contributed by atoms with Crippen molar-refractivity contribution in [1.29, 1.82) is 0 Å². The number of hydrogen-bond acceptors (Lipinski definition) is 5. The second-order valence-corrected chi connectivity index (χ2v) is 6.35. The van der Waals surface area contributed by atoms with Gasteiger partial charge in [-0.3, -0.25) is 9.78 Å². The minimum Gasteiger partial charge on any atom is -0.461 e. The van der Waals surface area contributed by atoms with E-state index in [1.165, 1.54) is 0 Å². The van der Waals surface area contributed by atoms with Crippen LogP contribution in [0.4, 0.5) is 5.82 Å². The molecule has 1 aliphatic heterocycles. The zero-order valence-electron chi connectivity index (χ0n) is 14.3. The maximum absolute atomic E-state index is 13.1. The number of aryl methyl sites for hydroxylation is 1. The minimum atomic E-state index is -0.0323. The Balaban J connectivity index is 1.65. The van der Waals surface area contributed by atoms with Crippen LogP contribution in [0.15, 0.2) is 41.1 Å². The molecule has 3 aromatic rings. The van der Waals surface area contributed by atoms with Crippen molar-refractivity contribution in [2.75, 3.05) is 18.9 Å². The van der Waals surface area contributed by atoms with E-state index in [-0.39, 0.29) is 11.9 Å². The van der Waals surface area contributed by atoms with E-state index in [0.717, 1.165) is 41.8 Å². The molecule has 25 heavy (non-hydrogen) atoms. The standard InChI is InChI=1S/C19H20N4O2/c1-12-8-14-9-13(5-6-17(14)25-12)19(24)23-7-3-4-16(23)15-10-21-11-18(20-2)22-15/h5-6,8-11,16H,3-4,7H2,1-2H3,(H,20,22)/t16-/m0/s1. The summed E-state index contributed by atoms with van der Waals surface area (Å²) in [4.78, 5) is 23.8. The molecule has 6 heteroatoms. The predicted molar refractivity (Wildman–Crippen MR) is 95.5 cm³/mol. The molecule has 4 rings (SSSR count). The summed E-state index contributed by atoms with van der Waals surface area (Å²) in [5.74, 6) is 1.59. The number of benzene rings is 1. The Hall–Kier alpha value is -2.89. The van der Waals surface area contributed by atoms with Gasteiger partial charge in [0.1, 0.15) is 17.2 Å². The first-order valence-corrected chi connectivity index (χ1v) is 8.46. The highest BCUT2D eigenvalue weighted by Crippen LogP contribution is 2.33. The highest BCUT2D eigenvalue weighted by Gasteiger charge is 2.32. The summed E-state index contributed by atoms with van der Waals surface area (Å²) in [6.45, 7) is 2.64. The van der Waals surface area contributed by atoms with Gasteiger partial charge in [0.25, 0.3) is 5.91 Å². The molecule has 0 saturated carbocycles. The molecule has 0 unspecified atom stereocenters. The molecule has 1 amide bonds. The summed E-state index contributed by atoms with van der Waals surface area (Å²) in [6.07, 6.45) is 5.30. The van der Waals surface area contributed by atoms with E-state index in [9.17, 15) is 4.79 Å². The molecule has 1 aromatic carbocycles. The lowest BCUT2D eigenvalue weighted by Gasteiger charge is -2.24. The molecule has 0 aliphatic carbocycles. The van der Waals surface area contributed by atoms with E-state index < -0.39 is 0 Å². The maximum Gasteiger partial charge on any atom is 0.254 e. The highest BCUT2D eigenvalue weighted by atomic mass is 16.3. The Morgan fingerprint density at radius 1 is 1.32 bits per heavy atom. The number of fused-ring (bicyclic) bond motifs is 1. The molecule has 0 spiro atoms. The number of likely N-dealkylation sites (tertiary alicyclic amines) is 1. The van der Waals surface area contributed by atoms with Gasteiger partial charge in [-0.05, 0) is 44.0 Å². The molecule has 1 aliphatic rings. The lowest BCUT2D eigenvalue weighted by Crippen LogP contribution is -2.31. The van der Waals surface area contributed by atoms with Gasteiger partial charge < -0.3 is 14.6 Å². The van der Waals surface area contributed by atoms with Crippen LogP contribution in [0.1, 0.15) is 40.7 Å². The van der Waals surface area contributed by atoms with Crippen LogP contribution in [0, 0.1) is 6.92 Å². The first kappa shape index (κ1) is 15.6. The molecule has 3 heterocycles. The quantitative estimate of drug-likeness (QED) is 0.792. The van der Waals surface area contributed by atoms with Crippen molar-refractivity contribution in [1.82, 2.24) is 14.9 Å². The molecule has 1 atom stereocenters. The van der Waals surface area contributed by atoms with Crippen LogP contribution in [0.3, 0.4) is 0 Å². The van der Waals surface area contributed by atoms with E-state index in [4.69, 9.17) is 4.42 Å². The smallest absolute Gasteiger partial charge is 0.254 e. The van der Waals surface area contributed by atoms with Gasteiger partial charge >= 0.3 is 0 Å². The number of nitrogens with one attached hydrogen (secondary N) is 1. The third-order valence-electron chi connectivity index (χ3n) is 4.65. The predicted octanol–water partition coefficient (Wildman–Crippen LogP) is 3.55. The van der Waals surface area contributed by atoms with Crippen molar-refractivity contribution in [2.45, 2.75) is 25.8 Å². The Bertz CT molecular complexity index is 934. The van der Waals surface area contributed by atoms with Crippen LogP contribution in [-0.2, 0) is 0 Å². The Kier molecular flexibility index (Phi) is 3.87. The van der Waals surface area contributed by atoms with Crippen molar-refractivity contribution in [3.8, 4) is 0 Å². The number of anilines is 1. The molecule has 2 aromatic heterocycles. The molecule has 0 bridgehead atoms. The van der Waals surface area contributed by atoms with Gasteiger partial charge in [0.15, 0.2) is 0 Å². The van der Waals surface area contributed by atoms with E-state index in [1.807, 2.05) is 43.1 Å². The fourth-order valence-corrected chi connectivity index (χ4v) is 3.45. The molecule has 0 radical (unpaired) electrons. The van der Waals surface area contributed by atoms with Gasteiger partial charge in [0.2, 0.25) is 0 Å². The summed E-state index contributed by atoms with van der Waals surface area (Å²) in [6, 6.07) is 7.52. The first-order chi connectivity index (χ1) is 12.2. The van der Waals surface area contributed by atoms with Crippen molar-refractivity contribution >= 4 is 22.7 Å². The van der Waals surface area contributed by atoms with Gasteiger partial charge in [-0.1, -0.05) is 0 Å². The van der Waals surface area contributed by atoms with Gasteiger partial charge in [-0.2, -0.15) is 0 Å². The third kappa shape index (κ3) is 2.84. The van der Waals surface area contributed by atoms with Crippen LogP contribution < -0.4 is 5.32 Å². The number of nitrogens with zero attached hydrogens (tertiary/aromatic N) is 3. The van der Waals surface area contributed by atoms with E-state index in [0.29, 0.717) is 11.4 Å². The van der Waals surface area contributed by atoms with Crippen LogP contribution in [0.5, 0.6) is 0 Å². The lowest BCUT2D eigenvalue weighted by molar-refractivity contribution is 0.0733. The molecule has 1 fully saturated rings. The second kappa shape index (κ2) is 6.20. The number of aromatic nitrogens is 2. The van der Waals surface area contributed by atoms with Crippen LogP contribution in [0.2, 0.25) is 0 Å². The minimum absolute atomic E-state index is 0.0277. The van der Waals surface area contributed by atoms with Gasteiger partial charge in [-0.15, -0.1) is 0 Å². The Labute approximate surface area is 145 Å². The zero-order valence-corrected chi connectivity index (χ0v) is 14.3. The average molecular weight is 336 g/mol. The van der Waals surface area contributed by atoms with Crippen molar-refractivity contribution in [2.24, 2.45) is 0 Å². The molecule has 1 saturated heterocycles. The fourth-order valence-electron chi connectivity index (χ4n) is 3.45. The first-order valence-electron chi connectivity index (χ1n) is 8.46. The summed E-state index contributed by atoms with van der Waals surface area (Å²) in [7, 11) is 1.81. The maximum atomic E-state index is 13.1. The molecule has 6 nitrogen and oxygen atoms in total. The summed E-state index contributed by atoms with van der Waals surface area (Å²) >= 11 is 0. The number of hydrogen-bond donors (Lipinski definition) is 1. The van der Waals surface area contributed by atoms with E-state index >= 15 is 0 Å². The van der Waals surface area contributed by atoms with Crippen LogP contribution in [0.25, 0.3) is 11.0 Å². The summed E-state index contributed by atoms with van der Waals surface area (Å²) < 4.78 is 5.59. The van der Waals surface area contributed by atoms with Crippen molar-refractivity contribution in [3.63, 3.8) is 0 Å². The highest BCUT2D eigenvalue weighted by molar-refractivity contribution is 5.98. The largest absolute Gasteiger partial charge is 0.461 e. The Morgan fingerprint density at radius 3 is 3.04 bits per heavy atom. The van der Waals surface area contributed by atoms with E-state index in [2.05, 4.69) is 15.3 Å². The lowest BCUT2D eigenvalue weighted by atomic mass is 10.1. The number of carbonyl (C=O) groups excluding carboxylic acids is 1. The van der Waals surface area contributed by atoms with Crippen molar-refractivity contribution in [3.05, 3.63) is 53.7 Å². The van der Waals surface area contributed by atoms with Gasteiger partial charge in [-0.25, -0.2) is 4.98 Å². The number of rotatable bonds is 3. The van der Waals surface area contributed by atoms with E-state index in [1.54, 1.807) is 12.4 Å². The second-order valence-electron chi connectivity index (χ2n) is 6.35. The van der Waals surface area contributed by atoms with Crippen molar-refractivity contribution < 1.29 is 9.21 Å². The Morgan fingerprint density at radius 2 is 2.20 bits per heavy atom. The monoisotopic (exact) mass is 336 g/mol. The average Bonchev–Trinajstić information content (AvgIpc) is 3.26. The van der Waals surface area contributed by atoms with Gasteiger partial charge in [0, 0.05) is 24.5 Å². The van der Waals surface area contributed by atoms with Crippen LogP contribution in [-0.4, -0.2) is 34.4 Å². The fraction of sp³-hybridized carbons (Fsp3) is 0.316. The zero-order chi connectivity index (χ0) is 17.4. The topological polar surface area (TPSA) is 71.3 Å². The number of furan rings is 1. The summed E-state index contributed by atoms with van der Waals surface area (Å²) in [5.41, 5.74) is 2.32. The molecular formula is C19H20N4O2. The molecule has 1 N–H and O–H groups in total. The normalized spacial score (nSPS) is 17.2. The molecule has 128 valence electrons.